The van der Waals surface area contributed by atoms with Gasteiger partial charge in [-0.15, -0.1) is 0 Å². The molecule has 1 fully saturated rings. The molecule has 28 heavy (non-hydrogen) atoms. The molecule has 0 aliphatic heterocycles. The largest absolute Gasteiger partial charge is 0.383 e. The summed E-state index contributed by atoms with van der Waals surface area (Å²) in [5.41, 5.74) is 5.04. The number of aromatic nitrogens is 2. The van der Waals surface area contributed by atoms with Gasteiger partial charge in [0.15, 0.2) is 5.96 Å². The Morgan fingerprint density at radius 1 is 1.32 bits per heavy atom. The maximum absolute atomic E-state index is 5.17. The van der Waals surface area contributed by atoms with Gasteiger partial charge < -0.3 is 15.4 Å². The summed E-state index contributed by atoms with van der Waals surface area (Å²) in [7, 11) is 3.53. The molecule has 0 amide bonds. The fraction of sp³-hybridized carbons (Fsp3) is 0.524. The van der Waals surface area contributed by atoms with E-state index >= 15 is 0 Å². The van der Waals surface area contributed by atoms with Gasteiger partial charge in [-0.3, -0.25) is 9.67 Å². The Morgan fingerprint density at radius 2 is 2.11 bits per heavy atom. The Morgan fingerprint density at radius 3 is 2.75 bits per heavy atom. The first kappa shape index (κ1) is 20.9. The van der Waals surface area contributed by atoms with Crippen molar-refractivity contribution in [1.82, 2.24) is 20.4 Å². The van der Waals surface area contributed by atoms with Crippen LogP contribution >= 0.6 is 15.9 Å². The van der Waals surface area contributed by atoms with Crippen LogP contribution in [0.5, 0.6) is 0 Å². The van der Waals surface area contributed by atoms with Crippen LogP contribution in [0.15, 0.2) is 33.7 Å². The van der Waals surface area contributed by atoms with Crippen molar-refractivity contribution in [1.29, 1.82) is 0 Å². The molecule has 0 saturated heterocycles. The van der Waals surface area contributed by atoms with Crippen LogP contribution in [0.3, 0.4) is 0 Å². The first-order valence-corrected chi connectivity index (χ1v) is 10.5. The van der Waals surface area contributed by atoms with Crippen LogP contribution in [0.25, 0.3) is 0 Å². The topological polar surface area (TPSA) is 63.5 Å². The van der Waals surface area contributed by atoms with Crippen molar-refractivity contribution < 1.29 is 4.74 Å². The summed E-state index contributed by atoms with van der Waals surface area (Å²) in [5, 5.41) is 11.6. The number of halogens is 1. The van der Waals surface area contributed by atoms with Crippen LogP contribution in [-0.2, 0) is 23.2 Å². The highest BCUT2D eigenvalue weighted by molar-refractivity contribution is 9.10. The molecule has 0 spiro atoms. The molecule has 2 aromatic rings. The quantitative estimate of drug-likeness (QED) is 0.481. The van der Waals surface area contributed by atoms with Crippen LogP contribution in [0.1, 0.15) is 35.4 Å². The second-order valence-corrected chi connectivity index (χ2v) is 8.35. The summed E-state index contributed by atoms with van der Waals surface area (Å²) in [5.74, 6) is 0.824. The lowest BCUT2D eigenvalue weighted by Crippen LogP contribution is -2.41. The molecule has 6 nitrogen and oxygen atoms in total. The van der Waals surface area contributed by atoms with E-state index in [1.165, 1.54) is 29.7 Å². The molecule has 3 rings (SSSR count). The fourth-order valence-corrected chi connectivity index (χ4v) is 3.97. The minimum atomic E-state index is 0.221. The van der Waals surface area contributed by atoms with Crippen molar-refractivity contribution in [3.05, 3.63) is 51.3 Å². The van der Waals surface area contributed by atoms with Crippen molar-refractivity contribution in [3.8, 4) is 0 Å². The molecule has 7 heteroatoms. The van der Waals surface area contributed by atoms with E-state index in [2.05, 4.69) is 74.8 Å². The summed E-state index contributed by atoms with van der Waals surface area (Å²) in [4.78, 5) is 4.40. The van der Waals surface area contributed by atoms with Gasteiger partial charge in [-0.05, 0) is 44.4 Å². The number of nitrogens with zero attached hydrogens (tertiary/aromatic N) is 3. The molecular weight excluding hydrogens is 418 g/mol. The lowest BCUT2D eigenvalue weighted by atomic mass is 9.96. The Kier molecular flexibility index (Phi) is 6.78. The van der Waals surface area contributed by atoms with Crippen LogP contribution in [-0.4, -0.2) is 43.0 Å². The molecule has 1 aromatic heterocycles. The van der Waals surface area contributed by atoms with Crippen LogP contribution < -0.4 is 10.6 Å². The Labute approximate surface area is 175 Å². The Hall–Kier alpha value is -1.86. The number of hydrogen-bond acceptors (Lipinski definition) is 3. The lowest BCUT2D eigenvalue weighted by molar-refractivity contribution is 0.182. The molecule has 1 aliphatic rings. The predicted octanol–water partition coefficient (Wildman–Crippen LogP) is 3.31. The summed E-state index contributed by atoms with van der Waals surface area (Å²) >= 11 is 3.59. The zero-order chi connectivity index (χ0) is 20.1. The van der Waals surface area contributed by atoms with E-state index in [9.17, 15) is 0 Å². The first-order valence-electron chi connectivity index (χ1n) is 9.71. The third kappa shape index (κ3) is 4.75. The molecule has 1 aromatic carbocycles. The SMILES string of the molecule is CN=C(NCc1c(C)nn(CCOC)c1C)NCC1(c2cccc(Br)c2)CC1. The number of rotatable bonds is 8. The molecule has 152 valence electrons. The molecule has 0 atom stereocenters. The van der Waals surface area contributed by atoms with Crippen LogP contribution in [0.4, 0.5) is 0 Å². The zero-order valence-electron chi connectivity index (χ0n) is 17.2. The van der Waals surface area contributed by atoms with E-state index in [1.807, 2.05) is 11.7 Å². The molecule has 1 heterocycles. The highest BCUT2D eigenvalue weighted by atomic mass is 79.9. The monoisotopic (exact) mass is 447 g/mol. The number of benzene rings is 1. The van der Waals surface area contributed by atoms with Crippen molar-refractivity contribution in [2.75, 3.05) is 27.3 Å². The highest BCUT2D eigenvalue weighted by Crippen LogP contribution is 2.48. The lowest BCUT2D eigenvalue weighted by Gasteiger charge is -2.19. The maximum Gasteiger partial charge on any atom is 0.191 e. The van der Waals surface area contributed by atoms with Crippen molar-refractivity contribution in [2.45, 2.75) is 45.2 Å². The van der Waals surface area contributed by atoms with Gasteiger partial charge in [0.25, 0.3) is 0 Å². The summed E-state index contributed by atoms with van der Waals surface area (Å²) in [6, 6.07) is 8.63. The number of aryl methyl sites for hydroxylation is 1. The third-order valence-corrected chi connectivity index (χ3v) is 6.07. The molecule has 1 saturated carbocycles. The van der Waals surface area contributed by atoms with Crippen molar-refractivity contribution in [3.63, 3.8) is 0 Å². The average Bonchev–Trinajstić information content (AvgIpc) is 3.43. The molecule has 1 aliphatic carbocycles. The summed E-state index contributed by atoms with van der Waals surface area (Å²) in [6.07, 6.45) is 2.41. The van der Waals surface area contributed by atoms with Crippen LogP contribution in [0.2, 0.25) is 0 Å². The number of guanidine groups is 1. The molecular formula is C21H30BrN5O. The Balaban J connectivity index is 1.58. The van der Waals surface area contributed by atoms with Gasteiger partial charge in [-0.1, -0.05) is 28.1 Å². The number of hydrogen-bond donors (Lipinski definition) is 2. The molecule has 0 bridgehead atoms. The maximum atomic E-state index is 5.17. The van der Waals surface area contributed by atoms with E-state index in [-0.39, 0.29) is 5.41 Å². The highest BCUT2D eigenvalue weighted by Gasteiger charge is 2.44. The van der Waals surface area contributed by atoms with Gasteiger partial charge in [0.2, 0.25) is 0 Å². The van der Waals surface area contributed by atoms with E-state index < -0.39 is 0 Å². The Bertz CT molecular complexity index is 841. The van der Waals surface area contributed by atoms with E-state index in [4.69, 9.17) is 4.74 Å². The van der Waals surface area contributed by atoms with Gasteiger partial charge >= 0.3 is 0 Å². The molecule has 2 N–H and O–H groups in total. The summed E-state index contributed by atoms with van der Waals surface area (Å²) < 4.78 is 8.32. The van der Waals surface area contributed by atoms with E-state index in [1.54, 1.807) is 7.11 Å². The van der Waals surface area contributed by atoms with E-state index in [0.29, 0.717) is 13.2 Å². The van der Waals surface area contributed by atoms with Gasteiger partial charge in [0, 0.05) is 48.4 Å². The van der Waals surface area contributed by atoms with Gasteiger partial charge in [-0.2, -0.15) is 5.10 Å². The minimum Gasteiger partial charge on any atom is -0.383 e. The average molecular weight is 448 g/mol. The predicted molar refractivity (Wildman–Crippen MR) is 117 cm³/mol. The second-order valence-electron chi connectivity index (χ2n) is 7.44. The first-order chi connectivity index (χ1) is 13.5. The van der Waals surface area contributed by atoms with Crippen molar-refractivity contribution >= 4 is 21.9 Å². The molecule has 0 radical (unpaired) electrons. The zero-order valence-corrected chi connectivity index (χ0v) is 18.8. The van der Waals surface area contributed by atoms with Gasteiger partial charge in [0.1, 0.15) is 0 Å². The number of methoxy groups -OCH3 is 1. The van der Waals surface area contributed by atoms with Gasteiger partial charge in [-0.25, -0.2) is 0 Å². The number of aliphatic imine (C=N–C) groups is 1. The standard InChI is InChI=1S/C21H30BrN5O/c1-15-19(16(2)27(26-15)10-11-28-4)13-24-20(23-3)25-14-21(8-9-21)17-6-5-7-18(22)12-17/h5-7,12H,8-11,13-14H2,1-4H3,(H2,23,24,25). The molecule has 0 unspecified atom stereocenters. The van der Waals surface area contributed by atoms with E-state index in [0.717, 1.165) is 29.2 Å². The number of nitrogens with one attached hydrogen (secondary N) is 2. The fourth-order valence-electron chi connectivity index (χ4n) is 3.57. The number of ether oxygens (including phenoxy) is 1. The van der Waals surface area contributed by atoms with Crippen molar-refractivity contribution in [2.24, 2.45) is 4.99 Å². The normalized spacial score (nSPS) is 15.5. The smallest absolute Gasteiger partial charge is 0.191 e. The summed E-state index contributed by atoms with van der Waals surface area (Å²) in [6.45, 7) is 7.18. The third-order valence-electron chi connectivity index (χ3n) is 5.58. The van der Waals surface area contributed by atoms with Crippen LogP contribution in [0, 0.1) is 13.8 Å². The second kappa shape index (κ2) is 9.09. The van der Waals surface area contributed by atoms with Gasteiger partial charge in [0.05, 0.1) is 18.8 Å². The minimum absolute atomic E-state index is 0.221.